The number of aromatic nitrogens is 3. The Bertz CT molecular complexity index is 1490. The molecule has 1 aliphatic rings. The molecule has 4 aromatic rings. The molecule has 1 fully saturated rings. The van der Waals surface area contributed by atoms with Crippen LogP contribution in [0, 0.1) is 17.5 Å². The third-order valence-corrected chi connectivity index (χ3v) is 5.86. The van der Waals surface area contributed by atoms with Crippen LogP contribution in [0.3, 0.4) is 0 Å². The SMILES string of the molecule is COc1cc(N2CCNCC2)ccc1Nc1nc(Nc2ccc(F)c(F)c2F)cc2cn[nH]c(=O)c12. The van der Waals surface area contributed by atoms with Crippen molar-refractivity contribution in [2.75, 3.05) is 48.8 Å². The Kier molecular flexibility index (Phi) is 6.34. The van der Waals surface area contributed by atoms with E-state index in [0.717, 1.165) is 44.0 Å². The molecule has 36 heavy (non-hydrogen) atoms. The van der Waals surface area contributed by atoms with E-state index in [4.69, 9.17) is 4.74 Å². The number of H-pyrrole nitrogens is 1. The molecule has 0 aliphatic carbocycles. The first-order chi connectivity index (χ1) is 17.4. The number of hydrogen-bond donors (Lipinski definition) is 4. The highest BCUT2D eigenvalue weighted by molar-refractivity contribution is 5.95. The molecule has 1 aliphatic heterocycles. The topological polar surface area (TPSA) is 107 Å². The molecule has 0 atom stereocenters. The van der Waals surface area contributed by atoms with E-state index in [1.807, 2.05) is 18.2 Å². The second-order valence-corrected chi connectivity index (χ2v) is 8.11. The number of ether oxygens (including phenoxy) is 1. The van der Waals surface area contributed by atoms with E-state index in [1.54, 1.807) is 0 Å². The lowest BCUT2D eigenvalue weighted by Gasteiger charge is -2.30. The minimum Gasteiger partial charge on any atom is -0.494 e. The van der Waals surface area contributed by atoms with Crippen LogP contribution in [-0.2, 0) is 0 Å². The number of methoxy groups -OCH3 is 1. The molecular weight excluding hydrogens is 475 g/mol. The molecular formula is C24H22F3N7O2. The summed E-state index contributed by atoms with van der Waals surface area (Å²) >= 11 is 0. The Labute approximate surface area is 203 Å². The Balaban J connectivity index is 1.54. The summed E-state index contributed by atoms with van der Waals surface area (Å²) < 4.78 is 46.9. The van der Waals surface area contributed by atoms with Gasteiger partial charge in [-0.3, -0.25) is 4.79 Å². The number of hydrogen-bond acceptors (Lipinski definition) is 8. The van der Waals surface area contributed by atoms with Crippen molar-refractivity contribution in [1.82, 2.24) is 20.5 Å². The van der Waals surface area contributed by atoms with E-state index in [1.165, 1.54) is 19.4 Å². The highest BCUT2D eigenvalue weighted by atomic mass is 19.2. The molecule has 0 radical (unpaired) electrons. The van der Waals surface area contributed by atoms with Gasteiger partial charge >= 0.3 is 0 Å². The van der Waals surface area contributed by atoms with Crippen LogP contribution in [0.25, 0.3) is 10.8 Å². The number of anilines is 5. The number of nitrogens with one attached hydrogen (secondary N) is 4. The van der Waals surface area contributed by atoms with Gasteiger partial charge in [-0.15, -0.1) is 0 Å². The second-order valence-electron chi connectivity index (χ2n) is 8.11. The number of nitrogens with zero attached hydrogens (tertiary/aromatic N) is 3. The number of aromatic amines is 1. The second kappa shape index (κ2) is 9.74. The summed E-state index contributed by atoms with van der Waals surface area (Å²) in [5.41, 5.74) is 0.715. The van der Waals surface area contributed by atoms with Gasteiger partial charge in [0.25, 0.3) is 5.56 Å². The van der Waals surface area contributed by atoms with Gasteiger partial charge in [0.15, 0.2) is 17.5 Å². The summed E-state index contributed by atoms with van der Waals surface area (Å²) in [5.74, 6) is -3.56. The van der Waals surface area contributed by atoms with Gasteiger partial charge in [0, 0.05) is 43.3 Å². The number of fused-ring (bicyclic) bond motifs is 1. The van der Waals surface area contributed by atoms with Gasteiger partial charge in [-0.25, -0.2) is 23.3 Å². The van der Waals surface area contributed by atoms with Crippen molar-refractivity contribution in [2.24, 2.45) is 0 Å². The van der Waals surface area contributed by atoms with Crippen LogP contribution < -0.4 is 31.1 Å². The van der Waals surface area contributed by atoms with Crippen LogP contribution in [0.15, 0.2) is 47.4 Å². The quantitative estimate of drug-likeness (QED) is 0.299. The molecule has 4 N–H and O–H groups in total. The molecule has 12 heteroatoms. The highest BCUT2D eigenvalue weighted by Crippen LogP contribution is 2.34. The number of pyridine rings is 1. The molecule has 186 valence electrons. The van der Waals surface area contributed by atoms with Crippen molar-refractivity contribution in [3.05, 3.63) is 70.4 Å². The summed E-state index contributed by atoms with van der Waals surface area (Å²) in [6.07, 6.45) is 1.40. The number of piperazine rings is 1. The van der Waals surface area contributed by atoms with Crippen molar-refractivity contribution in [1.29, 1.82) is 0 Å². The third-order valence-electron chi connectivity index (χ3n) is 5.86. The fraction of sp³-hybridized carbons (Fsp3) is 0.208. The fourth-order valence-electron chi connectivity index (χ4n) is 4.07. The van der Waals surface area contributed by atoms with Crippen LogP contribution in [0.5, 0.6) is 5.75 Å². The maximum atomic E-state index is 14.3. The van der Waals surface area contributed by atoms with Crippen LogP contribution in [0.1, 0.15) is 0 Å². The minimum atomic E-state index is -1.61. The zero-order chi connectivity index (χ0) is 25.2. The highest BCUT2D eigenvalue weighted by Gasteiger charge is 2.18. The lowest BCUT2D eigenvalue weighted by atomic mass is 10.2. The van der Waals surface area contributed by atoms with E-state index in [2.05, 4.69) is 36.0 Å². The lowest BCUT2D eigenvalue weighted by Crippen LogP contribution is -2.43. The Morgan fingerprint density at radius 2 is 1.78 bits per heavy atom. The molecule has 0 amide bonds. The average Bonchev–Trinajstić information content (AvgIpc) is 2.89. The smallest absolute Gasteiger partial charge is 0.275 e. The van der Waals surface area contributed by atoms with Gasteiger partial charge in [-0.2, -0.15) is 5.10 Å². The predicted molar refractivity (Wildman–Crippen MR) is 131 cm³/mol. The van der Waals surface area contributed by atoms with Gasteiger partial charge in [0.1, 0.15) is 17.4 Å². The van der Waals surface area contributed by atoms with Crippen molar-refractivity contribution >= 4 is 39.5 Å². The van der Waals surface area contributed by atoms with Gasteiger partial charge < -0.3 is 25.6 Å². The number of benzene rings is 2. The zero-order valence-electron chi connectivity index (χ0n) is 19.2. The molecule has 1 saturated heterocycles. The molecule has 0 bridgehead atoms. The Morgan fingerprint density at radius 3 is 2.56 bits per heavy atom. The van der Waals surface area contributed by atoms with Crippen LogP contribution in [0.2, 0.25) is 0 Å². The van der Waals surface area contributed by atoms with E-state index in [0.29, 0.717) is 16.8 Å². The molecule has 2 aromatic heterocycles. The first-order valence-electron chi connectivity index (χ1n) is 11.1. The molecule has 3 heterocycles. The maximum Gasteiger partial charge on any atom is 0.275 e. The summed E-state index contributed by atoms with van der Waals surface area (Å²) in [6.45, 7) is 3.48. The Hall–Kier alpha value is -4.32. The van der Waals surface area contributed by atoms with Crippen molar-refractivity contribution in [2.45, 2.75) is 0 Å². The van der Waals surface area contributed by atoms with E-state index in [-0.39, 0.29) is 22.7 Å². The summed E-state index contributed by atoms with van der Waals surface area (Å²) in [7, 11) is 1.54. The molecule has 0 saturated carbocycles. The maximum absolute atomic E-state index is 14.3. The lowest BCUT2D eigenvalue weighted by molar-refractivity contribution is 0.416. The van der Waals surface area contributed by atoms with Crippen molar-refractivity contribution in [3.8, 4) is 5.75 Å². The van der Waals surface area contributed by atoms with Gasteiger partial charge in [-0.05, 0) is 30.3 Å². The zero-order valence-corrected chi connectivity index (χ0v) is 19.2. The van der Waals surface area contributed by atoms with E-state index in [9.17, 15) is 18.0 Å². The van der Waals surface area contributed by atoms with Crippen molar-refractivity contribution < 1.29 is 17.9 Å². The van der Waals surface area contributed by atoms with Gasteiger partial charge in [0.2, 0.25) is 0 Å². The Morgan fingerprint density at radius 1 is 1.00 bits per heavy atom. The van der Waals surface area contributed by atoms with Crippen LogP contribution >= 0.6 is 0 Å². The van der Waals surface area contributed by atoms with Gasteiger partial charge in [-0.1, -0.05) is 0 Å². The van der Waals surface area contributed by atoms with E-state index >= 15 is 0 Å². The first kappa shape index (κ1) is 23.4. The predicted octanol–water partition coefficient (Wildman–Crippen LogP) is 3.64. The largest absolute Gasteiger partial charge is 0.494 e. The molecule has 0 spiro atoms. The normalized spacial score (nSPS) is 13.6. The summed E-state index contributed by atoms with van der Waals surface area (Å²) in [6, 6.07) is 8.95. The molecule has 5 rings (SSSR count). The standard InChI is InChI=1S/C24H22F3N7O2/c1-36-18-11-14(34-8-6-28-7-9-34)2-4-16(18)31-23-20-13(12-29-33-24(20)35)10-19(32-23)30-17-5-3-15(25)21(26)22(17)27/h2-5,10-12,28H,6-9H2,1H3,(H,33,35)(H2,30,31,32). The third kappa shape index (κ3) is 4.50. The fourth-order valence-corrected chi connectivity index (χ4v) is 4.07. The molecule has 9 nitrogen and oxygen atoms in total. The monoisotopic (exact) mass is 497 g/mol. The summed E-state index contributed by atoms with van der Waals surface area (Å²) in [4.78, 5) is 19.2. The van der Waals surface area contributed by atoms with Crippen LogP contribution in [0.4, 0.5) is 41.9 Å². The molecule has 2 aromatic carbocycles. The summed E-state index contributed by atoms with van der Waals surface area (Å²) in [5, 5.41) is 15.8. The van der Waals surface area contributed by atoms with Crippen molar-refractivity contribution in [3.63, 3.8) is 0 Å². The molecule has 0 unspecified atom stereocenters. The average molecular weight is 497 g/mol. The number of halogens is 3. The van der Waals surface area contributed by atoms with Crippen LogP contribution in [-0.4, -0.2) is 48.5 Å². The number of rotatable bonds is 6. The first-order valence-corrected chi connectivity index (χ1v) is 11.1. The van der Waals surface area contributed by atoms with Gasteiger partial charge in [0.05, 0.1) is 30.1 Å². The van der Waals surface area contributed by atoms with E-state index < -0.39 is 23.0 Å². The minimum absolute atomic E-state index is 0.0821.